The molecule has 0 bridgehead atoms. The van der Waals surface area contributed by atoms with E-state index >= 15 is 0 Å². The average Bonchev–Trinajstić information content (AvgIpc) is 2.57. The number of fused-ring (bicyclic) bond motifs is 3. The topological polar surface area (TPSA) is 64.1 Å². The van der Waals surface area contributed by atoms with Crippen LogP contribution in [0.15, 0.2) is 18.2 Å². The minimum Gasteiger partial charge on any atom is -0.506 e. The number of nitrogens with zero attached hydrogens (tertiary/aromatic N) is 2. The number of nitrogens with two attached hydrogens (primary N) is 1. The van der Waals surface area contributed by atoms with Gasteiger partial charge in [-0.15, -0.1) is 0 Å². The summed E-state index contributed by atoms with van der Waals surface area (Å²) < 4.78 is 2.15. The molecule has 0 spiro atoms. The maximum absolute atomic E-state index is 9.68. The molecule has 1 aromatic heterocycles. The first-order valence-electron chi connectivity index (χ1n) is 5.18. The molecule has 15 heavy (non-hydrogen) atoms. The number of hydrogen-bond donors (Lipinski definition) is 2. The van der Waals surface area contributed by atoms with Gasteiger partial charge < -0.3 is 15.4 Å². The number of aryl methyl sites for hydroxylation is 1. The van der Waals surface area contributed by atoms with Crippen LogP contribution in [-0.4, -0.2) is 20.7 Å². The van der Waals surface area contributed by atoms with Gasteiger partial charge in [0.1, 0.15) is 17.1 Å². The third-order valence-corrected chi connectivity index (χ3v) is 3.00. The molecule has 78 valence electrons. The molecule has 1 aliphatic heterocycles. The van der Waals surface area contributed by atoms with E-state index in [-0.39, 0.29) is 11.8 Å². The molecule has 3 rings (SSSR count). The summed E-state index contributed by atoms with van der Waals surface area (Å²) in [6, 6.07) is 5.71. The summed E-state index contributed by atoms with van der Waals surface area (Å²) in [5.74, 6) is 1.24. The van der Waals surface area contributed by atoms with Crippen molar-refractivity contribution < 1.29 is 5.11 Å². The Morgan fingerprint density at radius 3 is 3.20 bits per heavy atom. The highest BCUT2D eigenvalue weighted by Crippen LogP contribution is 2.27. The van der Waals surface area contributed by atoms with Crippen molar-refractivity contribution >= 4 is 11.0 Å². The molecule has 0 amide bonds. The van der Waals surface area contributed by atoms with Crippen LogP contribution in [-0.2, 0) is 13.0 Å². The van der Waals surface area contributed by atoms with E-state index in [4.69, 9.17) is 5.73 Å². The van der Waals surface area contributed by atoms with Crippen molar-refractivity contribution in [2.45, 2.75) is 25.4 Å². The van der Waals surface area contributed by atoms with Crippen molar-refractivity contribution in [2.75, 3.05) is 0 Å². The predicted molar refractivity (Wildman–Crippen MR) is 57.7 cm³/mol. The Labute approximate surface area is 87.3 Å². The van der Waals surface area contributed by atoms with E-state index in [9.17, 15) is 5.11 Å². The fourth-order valence-electron chi connectivity index (χ4n) is 2.22. The van der Waals surface area contributed by atoms with Gasteiger partial charge in [0, 0.05) is 19.0 Å². The maximum atomic E-state index is 9.68. The Morgan fingerprint density at radius 2 is 2.33 bits per heavy atom. The van der Waals surface area contributed by atoms with Crippen LogP contribution >= 0.6 is 0 Å². The van der Waals surface area contributed by atoms with Gasteiger partial charge in [-0.3, -0.25) is 0 Å². The maximum Gasteiger partial charge on any atom is 0.143 e. The summed E-state index contributed by atoms with van der Waals surface area (Å²) in [4.78, 5) is 4.44. The van der Waals surface area contributed by atoms with E-state index in [2.05, 4.69) is 9.55 Å². The molecule has 0 saturated heterocycles. The summed E-state index contributed by atoms with van der Waals surface area (Å²) in [7, 11) is 0. The average molecular weight is 203 g/mol. The second-order valence-electron chi connectivity index (χ2n) is 4.08. The number of phenols is 1. The van der Waals surface area contributed by atoms with Gasteiger partial charge in [0.25, 0.3) is 0 Å². The van der Waals surface area contributed by atoms with E-state index in [0.717, 1.165) is 30.7 Å². The number of aromatic hydroxyl groups is 1. The first kappa shape index (κ1) is 8.73. The quantitative estimate of drug-likeness (QED) is 0.671. The number of para-hydroxylation sites is 1. The Kier molecular flexibility index (Phi) is 1.73. The summed E-state index contributed by atoms with van der Waals surface area (Å²) in [6.07, 6.45) is 1.78. The summed E-state index contributed by atoms with van der Waals surface area (Å²) in [6.45, 7) is 0.899. The Morgan fingerprint density at radius 1 is 1.47 bits per heavy atom. The van der Waals surface area contributed by atoms with Crippen molar-refractivity contribution in [3.63, 3.8) is 0 Å². The van der Waals surface area contributed by atoms with Gasteiger partial charge >= 0.3 is 0 Å². The molecule has 4 nitrogen and oxygen atoms in total. The highest BCUT2D eigenvalue weighted by Gasteiger charge is 2.20. The molecule has 2 aromatic rings. The van der Waals surface area contributed by atoms with E-state index in [1.165, 1.54) is 0 Å². The lowest BCUT2D eigenvalue weighted by Crippen LogP contribution is -2.30. The first-order valence-corrected chi connectivity index (χ1v) is 5.18. The zero-order chi connectivity index (χ0) is 10.4. The van der Waals surface area contributed by atoms with Crippen LogP contribution in [0.2, 0.25) is 0 Å². The smallest absolute Gasteiger partial charge is 0.143 e. The number of hydrogen-bond acceptors (Lipinski definition) is 3. The van der Waals surface area contributed by atoms with Gasteiger partial charge in [0.2, 0.25) is 0 Å². The zero-order valence-corrected chi connectivity index (χ0v) is 8.35. The molecule has 0 radical (unpaired) electrons. The second-order valence-corrected chi connectivity index (χ2v) is 4.08. The van der Waals surface area contributed by atoms with Crippen molar-refractivity contribution in [3.8, 4) is 5.75 Å². The molecular weight excluding hydrogens is 190 g/mol. The van der Waals surface area contributed by atoms with Crippen molar-refractivity contribution in [2.24, 2.45) is 5.73 Å². The van der Waals surface area contributed by atoms with Crippen LogP contribution in [0.1, 0.15) is 12.2 Å². The fraction of sp³-hybridized carbons (Fsp3) is 0.364. The highest BCUT2D eigenvalue weighted by molar-refractivity contribution is 5.82. The van der Waals surface area contributed by atoms with E-state index in [1.807, 2.05) is 12.1 Å². The van der Waals surface area contributed by atoms with Crippen LogP contribution in [0.25, 0.3) is 11.0 Å². The number of aromatic nitrogens is 2. The van der Waals surface area contributed by atoms with E-state index in [0.29, 0.717) is 5.52 Å². The number of benzene rings is 1. The molecule has 0 fully saturated rings. The van der Waals surface area contributed by atoms with Crippen LogP contribution in [0.3, 0.4) is 0 Å². The van der Waals surface area contributed by atoms with Crippen LogP contribution < -0.4 is 5.73 Å². The highest BCUT2D eigenvalue weighted by atomic mass is 16.3. The van der Waals surface area contributed by atoms with Crippen molar-refractivity contribution in [1.29, 1.82) is 0 Å². The number of rotatable bonds is 0. The van der Waals surface area contributed by atoms with Gasteiger partial charge in [0.15, 0.2) is 0 Å². The minimum atomic E-state index is 0.205. The Hall–Kier alpha value is -1.55. The lowest BCUT2D eigenvalue weighted by molar-refractivity contribution is 0.470. The predicted octanol–water partition coefficient (Wildman–Crippen LogP) is 1.02. The van der Waals surface area contributed by atoms with E-state index in [1.54, 1.807) is 6.07 Å². The molecule has 1 aromatic carbocycles. The summed E-state index contributed by atoms with van der Waals surface area (Å²) >= 11 is 0. The Bertz CT molecular complexity index is 518. The lowest BCUT2D eigenvalue weighted by Gasteiger charge is -2.19. The van der Waals surface area contributed by atoms with Crippen LogP contribution in [0.4, 0.5) is 0 Å². The van der Waals surface area contributed by atoms with Gasteiger partial charge in [-0.2, -0.15) is 0 Å². The van der Waals surface area contributed by atoms with Crippen LogP contribution in [0, 0.1) is 0 Å². The molecule has 0 saturated carbocycles. The van der Waals surface area contributed by atoms with Gasteiger partial charge in [0.05, 0.1) is 5.52 Å². The van der Waals surface area contributed by atoms with Crippen LogP contribution in [0.5, 0.6) is 5.75 Å². The normalized spacial score (nSPS) is 20.5. The van der Waals surface area contributed by atoms with Gasteiger partial charge in [-0.05, 0) is 18.6 Å². The molecule has 1 atom stereocenters. The van der Waals surface area contributed by atoms with Crippen molar-refractivity contribution in [3.05, 3.63) is 24.0 Å². The lowest BCUT2D eigenvalue weighted by atomic mass is 10.1. The van der Waals surface area contributed by atoms with Crippen molar-refractivity contribution in [1.82, 2.24) is 9.55 Å². The molecule has 2 heterocycles. The first-order chi connectivity index (χ1) is 7.25. The molecule has 4 heteroatoms. The SMILES string of the molecule is NC1CCn2c(nc3c(O)cccc32)C1. The monoisotopic (exact) mass is 203 g/mol. The second kappa shape index (κ2) is 2.97. The molecule has 3 N–H and O–H groups in total. The number of imidazole rings is 1. The summed E-state index contributed by atoms with van der Waals surface area (Å²) in [5, 5.41) is 9.68. The molecule has 1 aliphatic rings. The Balaban J connectivity index is 2.27. The molecule has 0 aliphatic carbocycles. The third kappa shape index (κ3) is 1.22. The van der Waals surface area contributed by atoms with Gasteiger partial charge in [-0.25, -0.2) is 4.98 Å². The minimum absolute atomic E-state index is 0.205. The van der Waals surface area contributed by atoms with E-state index < -0.39 is 0 Å². The third-order valence-electron chi connectivity index (χ3n) is 3.00. The van der Waals surface area contributed by atoms with Gasteiger partial charge in [-0.1, -0.05) is 6.07 Å². The molecule has 1 unspecified atom stereocenters. The fourth-order valence-corrected chi connectivity index (χ4v) is 2.22. The summed E-state index contributed by atoms with van der Waals surface area (Å²) in [5.41, 5.74) is 7.60. The molecular formula is C11H13N3O. The zero-order valence-electron chi connectivity index (χ0n) is 8.35. The largest absolute Gasteiger partial charge is 0.506 e. The standard InChI is InChI=1S/C11H13N3O/c12-7-4-5-14-8-2-1-3-9(15)11(8)13-10(14)6-7/h1-3,7,15H,4-6,12H2. The number of phenolic OH excluding ortho intramolecular Hbond substituents is 1.